The van der Waals surface area contributed by atoms with Gasteiger partial charge in [-0.25, -0.2) is 14.6 Å². The van der Waals surface area contributed by atoms with Crippen LogP contribution in [-0.4, -0.2) is 15.9 Å². The molecule has 0 unspecified atom stereocenters. The monoisotopic (exact) mass is 388 g/mol. The highest BCUT2D eigenvalue weighted by atomic mass is 16.5. The van der Waals surface area contributed by atoms with Crippen LogP contribution in [0.1, 0.15) is 46.9 Å². The first-order chi connectivity index (χ1) is 13.9. The van der Waals surface area contributed by atoms with Gasteiger partial charge in [0.1, 0.15) is 12.2 Å². The number of aromatic nitrogens is 2. The molecule has 0 amide bonds. The maximum atomic E-state index is 12.5. The number of rotatable bonds is 4. The first kappa shape index (κ1) is 18.8. The molecule has 0 bridgehead atoms. The zero-order valence-corrected chi connectivity index (χ0v) is 16.4. The van der Waals surface area contributed by atoms with Gasteiger partial charge in [-0.05, 0) is 48.2 Å². The van der Waals surface area contributed by atoms with E-state index in [1.165, 1.54) is 12.3 Å². The average molecular weight is 388 g/mol. The van der Waals surface area contributed by atoms with Crippen LogP contribution in [0.5, 0.6) is 0 Å². The highest BCUT2D eigenvalue weighted by Gasteiger charge is 2.15. The Labute approximate surface area is 167 Å². The van der Waals surface area contributed by atoms with Gasteiger partial charge in [0.15, 0.2) is 5.69 Å². The van der Waals surface area contributed by atoms with Crippen molar-refractivity contribution in [3.63, 3.8) is 0 Å². The topological polar surface area (TPSA) is 82.3 Å². The summed E-state index contributed by atoms with van der Waals surface area (Å²) in [6, 6.07) is 12.5. The molecule has 0 aliphatic carbocycles. The lowest BCUT2D eigenvalue weighted by molar-refractivity contribution is 0.0467. The number of para-hydroxylation sites is 2. The van der Waals surface area contributed by atoms with Gasteiger partial charge in [0.2, 0.25) is 0 Å². The van der Waals surface area contributed by atoms with Crippen molar-refractivity contribution >= 4 is 28.0 Å². The van der Waals surface area contributed by atoms with Crippen LogP contribution in [0.3, 0.4) is 0 Å². The van der Waals surface area contributed by atoms with Gasteiger partial charge in [0.05, 0.1) is 17.2 Å². The predicted octanol–water partition coefficient (Wildman–Crippen LogP) is 4.53. The number of esters is 1. The molecule has 0 aliphatic heterocycles. The standard InChI is InChI=1S/C23H20N2O4/c1-13(2)16-10-17-15(9-22(26)29-21(17)8-14(16)3)12-28-23(27)20-11-24-18-6-4-5-7-19(18)25-20/h4-11,13H,12H2,1-3H3. The summed E-state index contributed by atoms with van der Waals surface area (Å²) < 4.78 is 10.8. The summed E-state index contributed by atoms with van der Waals surface area (Å²) in [5.41, 5.74) is 4.24. The molecular formula is C23H20N2O4. The van der Waals surface area contributed by atoms with Gasteiger partial charge in [-0.15, -0.1) is 0 Å². The van der Waals surface area contributed by atoms with Crippen molar-refractivity contribution in [2.24, 2.45) is 0 Å². The molecule has 29 heavy (non-hydrogen) atoms. The second kappa shape index (κ2) is 7.47. The first-order valence-electron chi connectivity index (χ1n) is 9.38. The number of aryl methyl sites for hydroxylation is 1. The number of ether oxygens (including phenoxy) is 1. The Morgan fingerprint density at radius 3 is 2.66 bits per heavy atom. The molecule has 0 saturated carbocycles. The van der Waals surface area contributed by atoms with E-state index in [1.54, 1.807) is 6.07 Å². The van der Waals surface area contributed by atoms with Crippen molar-refractivity contribution in [1.82, 2.24) is 9.97 Å². The normalized spacial score (nSPS) is 11.3. The largest absolute Gasteiger partial charge is 0.456 e. The fourth-order valence-corrected chi connectivity index (χ4v) is 3.41. The van der Waals surface area contributed by atoms with Crippen LogP contribution in [-0.2, 0) is 11.3 Å². The molecule has 0 aliphatic rings. The minimum atomic E-state index is -0.596. The summed E-state index contributed by atoms with van der Waals surface area (Å²) in [6.07, 6.45) is 1.39. The minimum Gasteiger partial charge on any atom is -0.456 e. The number of carbonyl (C=O) groups excluding carboxylic acids is 1. The molecule has 0 spiro atoms. The average Bonchev–Trinajstić information content (AvgIpc) is 2.70. The lowest BCUT2D eigenvalue weighted by Crippen LogP contribution is -2.10. The fraction of sp³-hybridized carbons (Fsp3) is 0.217. The molecule has 0 N–H and O–H groups in total. The van der Waals surface area contributed by atoms with Gasteiger partial charge in [0.25, 0.3) is 0 Å². The summed E-state index contributed by atoms with van der Waals surface area (Å²) in [6.45, 7) is 6.13. The van der Waals surface area contributed by atoms with Crippen LogP contribution in [0.4, 0.5) is 0 Å². The van der Waals surface area contributed by atoms with Crippen molar-refractivity contribution in [2.75, 3.05) is 0 Å². The summed E-state index contributed by atoms with van der Waals surface area (Å²) in [4.78, 5) is 33.0. The molecule has 146 valence electrons. The Hall–Kier alpha value is -3.54. The van der Waals surface area contributed by atoms with Crippen LogP contribution in [0.25, 0.3) is 22.0 Å². The third-order valence-corrected chi connectivity index (χ3v) is 4.86. The minimum absolute atomic E-state index is 0.0595. The molecule has 0 saturated heterocycles. The highest BCUT2D eigenvalue weighted by molar-refractivity contribution is 5.89. The molecule has 2 heterocycles. The number of hydrogen-bond acceptors (Lipinski definition) is 6. The van der Waals surface area contributed by atoms with E-state index in [4.69, 9.17) is 9.15 Å². The maximum absolute atomic E-state index is 12.5. The smallest absolute Gasteiger partial charge is 0.358 e. The van der Waals surface area contributed by atoms with Crippen LogP contribution in [0.15, 0.2) is 57.9 Å². The van der Waals surface area contributed by atoms with Crippen LogP contribution < -0.4 is 5.63 Å². The van der Waals surface area contributed by atoms with E-state index in [2.05, 4.69) is 23.8 Å². The lowest BCUT2D eigenvalue weighted by atomic mass is 9.95. The summed E-state index contributed by atoms with van der Waals surface area (Å²) >= 11 is 0. The quantitative estimate of drug-likeness (QED) is 0.377. The van der Waals surface area contributed by atoms with Crippen molar-refractivity contribution in [1.29, 1.82) is 0 Å². The van der Waals surface area contributed by atoms with Gasteiger partial charge >= 0.3 is 11.6 Å². The van der Waals surface area contributed by atoms with E-state index in [9.17, 15) is 9.59 Å². The van der Waals surface area contributed by atoms with Gasteiger partial charge in [0, 0.05) is 17.0 Å². The highest BCUT2D eigenvalue weighted by Crippen LogP contribution is 2.27. The SMILES string of the molecule is Cc1cc2oc(=O)cc(COC(=O)c3cnc4ccccc4n3)c2cc1C(C)C. The fourth-order valence-electron chi connectivity index (χ4n) is 3.41. The third kappa shape index (κ3) is 3.74. The second-order valence-electron chi connectivity index (χ2n) is 7.27. The van der Waals surface area contributed by atoms with Crippen molar-refractivity contribution in [2.45, 2.75) is 33.3 Å². The molecule has 0 radical (unpaired) electrons. The molecular weight excluding hydrogens is 368 g/mol. The number of carbonyl (C=O) groups is 1. The first-order valence-corrected chi connectivity index (χ1v) is 9.38. The van der Waals surface area contributed by atoms with Crippen molar-refractivity contribution < 1.29 is 13.9 Å². The Morgan fingerprint density at radius 1 is 1.14 bits per heavy atom. The summed E-state index contributed by atoms with van der Waals surface area (Å²) in [5.74, 6) is -0.282. The molecule has 4 rings (SSSR count). The molecule has 0 atom stereocenters. The van der Waals surface area contributed by atoms with E-state index >= 15 is 0 Å². The second-order valence-corrected chi connectivity index (χ2v) is 7.27. The molecule has 2 aromatic carbocycles. The summed E-state index contributed by atoms with van der Waals surface area (Å²) in [5, 5.41) is 0.760. The molecule has 0 fully saturated rings. The van der Waals surface area contributed by atoms with Crippen molar-refractivity contribution in [3.05, 3.63) is 81.5 Å². The molecule has 6 heteroatoms. The number of hydrogen-bond donors (Lipinski definition) is 0. The number of fused-ring (bicyclic) bond motifs is 2. The zero-order valence-electron chi connectivity index (χ0n) is 16.4. The van der Waals surface area contributed by atoms with Gasteiger partial charge in [-0.1, -0.05) is 26.0 Å². The molecule has 2 aromatic heterocycles. The predicted molar refractivity (Wildman–Crippen MR) is 110 cm³/mol. The van der Waals surface area contributed by atoms with Crippen LogP contribution in [0.2, 0.25) is 0 Å². The third-order valence-electron chi connectivity index (χ3n) is 4.86. The maximum Gasteiger partial charge on any atom is 0.358 e. The van der Waals surface area contributed by atoms with E-state index in [0.29, 0.717) is 28.1 Å². The van der Waals surface area contributed by atoms with E-state index in [1.807, 2.05) is 37.3 Å². The molecule has 4 aromatic rings. The zero-order chi connectivity index (χ0) is 20.5. The Bertz CT molecular complexity index is 1290. The Morgan fingerprint density at radius 2 is 1.90 bits per heavy atom. The van der Waals surface area contributed by atoms with E-state index in [0.717, 1.165) is 16.5 Å². The van der Waals surface area contributed by atoms with Gasteiger partial charge in [-0.2, -0.15) is 0 Å². The number of benzene rings is 2. The van der Waals surface area contributed by atoms with Gasteiger partial charge < -0.3 is 9.15 Å². The van der Waals surface area contributed by atoms with E-state index < -0.39 is 11.6 Å². The van der Waals surface area contributed by atoms with Crippen molar-refractivity contribution in [3.8, 4) is 0 Å². The molecule has 6 nitrogen and oxygen atoms in total. The Kier molecular flexibility index (Phi) is 4.84. The van der Waals surface area contributed by atoms with Gasteiger partial charge in [-0.3, -0.25) is 4.98 Å². The van der Waals surface area contributed by atoms with E-state index in [-0.39, 0.29) is 12.3 Å². The summed E-state index contributed by atoms with van der Waals surface area (Å²) in [7, 11) is 0. The lowest BCUT2D eigenvalue weighted by Gasteiger charge is -2.13. The Balaban J connectivity index is 1.65. The van der Waals surface area contributed by atoms with Crippen LogP contribution >= 0.6 is 0 Å². The number of nitrogens with zero attached hydrogens (tertiary/aromatic N) is 2. The van der Waals surface area contributed by atoms with Crippen LogP contribution in [0, 0.1) is 6.92 Å².